The molecule has 0 aromatic carbocycles. The van der Waals surface area contributed by atoms with Crippen LogP contribution >= 0.6 is 11.3 Å². The lowest BCUT2D eigenvalue weighted by Gasteiger charge is -2.06. The average Bonchev–Trinajstić information content (AvgIpc) is 3.16. The molecule has 1 aliphatic carbocycles. The molecule has 0 radical (unpaired) electrons. The highest BCUT2D eigenvalue weighted by molar-refractivity contribution is 7.17. The van der Waals surface area contributed by atoms with Crippen LogP contribution in [-0.4, -0.2) is 54.3 Å². The van der Waals surface area contributed by atoms with Crippen molar-refractivity contribution >= 4 is 29.0 Å². The second-order valence-corrected chi connectivity index (χ2v) is 8.73. The third-order valence-corrected chi connectivity index (χ3v) is 6.02. The van der Waals surface area contributed by atoms with Gasteiger partial charge in [0.2, 0.25) is 5.88 Å². The van der Waals surface area contributed by atoms with Gasteiger partial charge in [0.25, 0.3) is 5.91 Å². The van der Waals surface area contributed by atoms with Gasteiger partial charge in [-0.25, -0.2) is 9.78 Å². The number of fused-ring (bicyclic) bond motifs is 1. The summed E-state index contributed by atoms with van der Waals surface area (Å²) >= 11 is 0.999. The minimum atomic E-state index is -4.51. The molecule has 10 nitrogen and oxygen atoms in total. The number of aromatic nitrogens is 5. The number of alkyl halides is 3. The van der Waals surface area contributed by atoms with Gasteiger partial charge in [0, 0.05) is 11.3 Å². The Balaban J connectivity index is 1.58. The largest absolute Gasteiger partial charge is 0.493 e. The summed E-state index contributed by atoms with van der Waals surface area (Å²) in [6.07, 6.45) is 0.389. The minimum absolute atomic E-state index is 0.108. The second-order valence-electron chi connectivity index (χ2n) is 7.64. The Hall–Kier alpha value is -3.94. The van der Waals surface area contributed by atoms with Crippen LogP contribution in [0.15, 0.2) is 34.2 Å². The number of carbonyl (C=O) groups is 1. The summed E-state index contributed by atoms with van der Waals surface area (Å²) in [6.45, 7) is -1.42. The van der Waals surface area contributed by atoms with E-state index in [2.05, 4.69) is 25.0 Å². The van der Waals surface area contributed by atoms with Gasteiger partial charge >= 0.3 is 11.9 Å². The molecule has 1 aliphatic rings. The van der Waals surface area contributed by atoms with Crippen molar-refractivity contribution in [2.24, 2.45) is 4.99 Å². The molecule has 0 unspecified atom stereocenters. The maximum Gasteiger partial charge on any atom is 0.405 e. The van der Waals surface area contributed by atoms with Crippen LogP contribution in [0.4, 0.5) is 13.2 Å². The average molecular weight is 491 g/mol. The van der Waals surface area contributed by atoms with Crippen LogP contribution in [0.3, 0.4) is 0 Å². The number of H-pyrrole nitrogens is 2. The number of hydrogen-bond donors (Lipinski definition) is 4. The second kappa shape index (κ2) is 8.13. The van der Waals surface area contributed by atoms with Crippen LogP contribution in [0.5, 0.6) is 5.88 Å². The van der Waals surface area contributed by atoms with E-state index in [0.717, 1.165) is 24.2 Å². The summed E-state index contributed by atoms with van der Waals surface area (Å²) < 4.78 is 38.8. The molecule has 4 heterocycles. The van der Waals surface area contributed by atoms with Gasteiger partial charge in [-0.2, -0.15) is 22.8 Å². The molecule has 0 aliphatic heterocycles. The molecule has 1 saturated carbocycles. The molecular formula is C20H16F3N7O3S. The zero-order valence-corrected chi connectivity index (χ0v) is 18.0. The van der Waals surface area contributed by atoms with Crippen molar-refractivity contribution in [3.63, 3.8) is 0 Å². The van der Waals surface area contributed by atoms with Gasteiger partial charge in [-0.15, -0.1) is 11.3 Å². The number of rotatable bonds is 5. The Bertz CT molecular complexity index is 1580. The number of imidazole rings is 1. The van der Waals surface area contributed by atoms with Gasteiger partial charge in [-0.1, -0.05) is 0 Å². The first-order valence-electron chi connectivity index (χ1n) is 10.1. The molecule has 34 heavy (non-hydrogen) atoms. The molecule has 4 aromatic rings. The number of hydrogen-bond acceptors (Lipinski definition) is 7. The molecule has 0 saturated heterocycles. The number of nitrogens with zero attached hydrogens (tertiary/aromatic N) is 4. The van der Waals surface area contributed by atoms with E-state index in [1.54, 1.807) is 12.1 Å². The number of thiophene rings is 1. The smallest absolute Gasteiger partial charge is 0.405 e. The first-order valence-corrected chi connectivity index (χ1v) is 10.9. The first-order chi connectivity index (χ1) is 16.2. The summed E-state index contributed by atoms with van der Waals surface area (Å²) in [7, 11) is 0. The maximum atomic E-state index is 12.4. The van der Waals surface area contributed by atoms with Crippen LogP contribution in [0, 0.1) is 0 Å². The van der Waals surface area contributed by atoms with E-state index in [0.29, 0.717) is 26.9 Å². The van der Waals surface area contributed by atoms with Gasteiger partial charge in [0.15, 0.2) is 11.1 Å². The Morgan fingerprint density at radius 3 is 2.82 bits per heavy atom. The van der Waals surface area contributed by atoms with Crippen molar-refractivity contribution < 1.29 is 23.1 Å². The normalized spacial score (nSPS) is 15.4. The number of aromatic amines is 2. The van der Waals surface area contributed by atoms with E-state index in [4.69, 9.17) is 0 Å². The van der Waals surface area contributed by atoms with Crippen molar-refractivity contribution in [3.8, 4) is 16.5 Å². The first kappa shape index (κ1) is 21.9. The molecule has 4 N–H and O–H groups in total. The van der Waals surface area contributed by atoms with Crippen LogP contribution in [-0.2, 0) is 0 Å². The minimum Gasteiger partial charge on any atom is -0.493 e. The number of halogens is 3. The molecule has 176 valence electrons. The van der Waals surface area contributed by atoms with Crippen LogP contribution in [0.2, 0.25) is 0 Å². The molecule has 1 amide bonds. The van der Waals surface area contributed by atoms with Crippen molar-refractivity contribution in [3.05, 3.63) is 56.2 Å². The molecular weight excluding hydrogens is 475 g/mol. The predicted molar refractivity (Wildman–Crippen MR) is 115 cm³/mol. The van der Waals surface area contributed by atoms with E-state index in [1.807, 2.05) is 5.32 Å². The van der Waals surface area contributed by atoms with Crippen molar-refractivity contribution in [1.82, 2.24) is 29.9 Å². The quantitative estimate of drug-likeness (QED) is 0.331. The predicted octanol–water partition coefficient (Wildman–Crippen LogP) is 1.08. The monoisotopic (exact) mass is 491 g/mol. The summed E-state index contributed by atoms with van der Waals surface area (Å²) in [5.41, 5.74) is 0.926. The number of nitrogens with one attached hydrogen (secondary N) is 3. The Kier molecular flexibility index (Phi) is 5.23. The topological polar surface area (TPSA) is 141 Å². The third-order valence-electron chi connectivity index (χ3n) is 4.91. The van der Waals surface area contributed by atoms with Crippen molar-refractivity contribution in [2.75, 3.05) is 6.54 Å². The van der Waals surface area contributed by atoms with Crippen LogP contribution in [0.1, 0.15) is 28.2 Å². The molecule has 1 fully saturated rings. The van der Waals surface area contributed by atoms with Crippen LogP contribution in [0.25, 0.3) is 22.3 Å². The zero-order chi connectivity index (χ0) is 24.0. The van der Waals surface area contributed by atoms with Crippen molar-refractivity contribution in [2.45, 2.75) is 25.1 Å². The lowest BCUT2D eigenvalue weighted by molar-refractivity contribution is -0.123. The summed E-state index contributed by atoms with van der Waals surface area (Å²) in [5.74, 6) is -1.17. The lowest BCUT2D eigenvalue weighted by atomic mass is 10.3. The van der Waals surface area contributed by atoms with Gasteiger partial charge in [-0.3, -0.25) is 14.8 Å². The van der Waals surface area contributed by atoms with Gasteiger partial charge < -0.3 is 15.4 Å². The number of aromatic hydroxyl groups is 1. The highest BCUT2D eigenvalue weighted by atomic mass is 32.1. The van der Waals surface area contributed by atoms with Gasteiger partial charge in [-0.05, 0) is 31.1 Å². The highest BCUT2D eigenvalue weighted by Crippen LogP contribution is 2.27. The zero-order valence-electron chi connectivity index (χ0n) is 17.2. The van der Waals surface area contributed by atoms with Crippen LogP contribution < -0.4 is 21.7 Å². The number of amides is 1. The molecule has 0 spiro atoms. The van der Waals surface area contributed by atoms with E-state index in [9.17, 15) is 27.9 Å². The van der Waals surface area contributed by atoms with E-state index in [-0.39, 0.29) is 22.5 Å². The summed E-state index contributed by atoms with van der Waals surface area (Å²) in [6, 6.07) is 4.89. The summed E-state index contributed by atoms with van der Waals surface area (Å²) in [4.78, 5) is 38.2. The fourth-order valence-electron chi connectivity index (χ4n) is 3.19. The Morgan fingerprint density at radius 2 is 2.15 bits per heavy atom. The third kappa shape index (κ3) is 4.57. The SMILES string of the molecule is O=C(NCC(F)(F)F)c1ccc(-c2cc(=NC3CC3)n3nc/c(=C/c4[nH]c(=O)[nH]c4O)c3n2)s1. The van der Waals surface area contributed by atoms with E-state index < -0.39 is 24.3 Å². The summed E-state index contributed by atoms with van der Waals surface area (Å²) in [5, 5.41) is 16.5. The number of carbonyl (C=O) groups excluding carboxylic acids is 1. The van der Waals surface area contributed by atoms with E-state index >= 15 is 0 Å². The van der Waals surface area contributed by atoms with E-state index in [1.165, 1.54) is 22.9 Å². The standard InChI is InChI=1S/C20H16F3N7O3S/c21-20(22,23)8-24-18(32)14-4-3-13(34-14)11-6-15(26-10-1-2-10)30-16(27-11)9(7-25-30)5-12-17(31)29-19(33)28-12/h3-7,10,31H,1-2,8H2,(H,24,32)(H2,28,29,33)/b9-5-,26-15?. The molecule has 0 bridgehead atoms. The van der Waals surface area contributed by atoms with Gasteiger partial charge in [0.05, 0.1) is 27.7 Å². The fourth-order valence-corrected chi connectivity index (χ4v) is 4.07. The molecule has 0 atom stereocenters. The Morgan fingerprint density at radius 1 is 1.35 bits per heavy atom. The fraction of sp³-hybridized carbons (Fsp3) is 0.250. The van der Waals surface area contributed by atoms with Gasteiger partial charge in [0.1, 0.15) is 12.2 Å². The molecule has 4 aromatic heterocycles. The lowest BCUT2D eigenvalue weighted by Crippen LogP contribution is -2.33. The maximum absolute atomic E-state index is 12.4. The van der Waals surface area contributed by atoms with Crippen molar-refractivity contribution in [1.29, 1.82) is 0 Å². The molecule has 14 heteroatoms. The molecule has 5 rings (SSSR count). The highest BCUT2D eigenvalue weighted by Gasteiger charge is 2.28. The Labute approximate surface area is 191 Å².